The maximum atomic E-state index is 12.5. The zero-order valence-electron chi connectivity index (χ0n) is 74.2. The first-order chi connectivity index (χ1) is 60.0. The Morgan fingerprint density at radius 3 is 0.696 bits per heavy atom. The lowest BCUT2D eigenvalue weighted by Crippen LogP contribution is -2.47. The fourth-order valence-electron chi connectivity index (χ4n) is 20.5. The van der Waals surface area contributed by atoms with E-state index in [1.165, 1.54) is 65.3 Å². The molecule has 674 valence electrons. The molecule has 15 rings (SSSR count). The van der Waals surface area contributed by atoms with Crippen LogP contribution in [0.1, 0.15) is 226 Å². The first-order valence-electron chi connectivity index (χ1n) is 45.5. The first-order valence-corrected chi connectivity index (χ1v) is 49.2. The van der Waals surface area contributed by atoms with Crippen LogP contribution in [0.5, 0.6) is 0 Å². The molecular weight excluding hydrogens is 1680 g/mol. The Hall–Kier alpha value is -7.20. The number of carbonyl (C=O) groups excluding carboxylic acids is 4. The molecule has 0 atom stereocenters. The maximum Gasteiger partial charge on any atom is 0.219 e. The summed E-state index contributed by atoms with van der Waals surface area (Å²) >= 11 is 30.9. The number of rotatable bonds is 26. The molecule has 8 aromatic rings. The summed E-state index contributed by atoms with van der Waals surface area (Å²) in [5.41, 5.74) is 40.2. The summed E-state index contributed by atoms with van der Waals surface area (Å²) in [6, 6.07) is 71.8. The maximum absolute atomic E-state index is 12.5. The van der Waals surface area contributed by atoms with Crippen LogP contribution in [0.25, 0.3) is 0 Å². The van der Waals surface area contributed by atoms with Crippen LogP contribution in [0.2, 0.25) is 25.1 Å². The van der Waals surface area contributed by atoms with Gasteiger partial charge in [0.1, 0.15) is 0 Å². The van der Waals surface area contributed by atoms with Gasteiger partial charge in [-0.2, -0.15) is 4.31 Å². The van der Waals surface area contributed by atoms with E-state index in [9.17, 15) is 27.6 Å². The van der Waals surface area contributed by atoms with Crippen LogP contribution < -0.4 is 28.7 Å². The van der Waals surface area contributed by atoms with E-state index < -0.39 is 10.0 Å². The summed E-state index contributed by atoms with van der Waals surface area (Å²) in [4.78, 5) is 56.9. The number of halogens is 5. The van der Waals surface area contributed by atoms with E-state index in [0.717, 1.165) is 185 Å². The van der Waals surface area contributed by atoms with Gasteiger partial charge < -0.3 is 48.3 Å². The van der Waals surface area contributed by atoms with E-state index in [1.807, 2.05) is 155 Å². The lowest BCUT2D eigenvalue weighted by Gasteiger charge is -2.43. The Labute approximate surface area is 770 Å². The topological polar surface area (TPSA) is 249 Å². The van der Waals surface area contributed by atoms with Gasteiger partial charge in [-0.1, -0.05) is 210 Å². The van der Waals surface area contributed by atoms with Crippen molar-refractivity contribution < 1.29 is 27.6 Å². The highest BCUT2D eigenvalue weighted by Crippen LogP contribution is 2.48. The van der Waals surface area contributed by atoms with Crippen LogP contribution in [-0.4, -0.2) is 138 Å². The monoisotopic (exact) mass is 1810 g/mol. The highest BCUT2D eigenvalue weighted by molar-refractivity contribution is 7.88. The Balaban J connectivity index is 0.000000152. The number of nitrogens with zero attached hydrogens (tertiary/aromatic N) is 5. The van der Waals surface area contributed by atoms with Crippen LogP contribution in [-0.2, 0) is 75.9 Å². The van der Waals surface area contributed by atoms with Crippen LogP contribution in [0.4, 0.5) is 0 Å². The average Bonchev–Trinajstić information content (AvgIpc) is 1.75. The minimum absolute atomic E-state index is 0.000865. The number of nitrogens with two attached hydrogens (primary N) is 5. The van der Waals surface area contributed by atoms with Gasteiger partial charge in [0.15, 0.2) is 0 Å². The molecule has 0 aromatic heterocycles. The standard InChI is InChI=1S/2C22H27ClN2O.C21H27ClN2O2S.2C19H27ClN2O/c2*1-17(26)25(15-18-6-3-2-4-7-18)21-10-12-22(16-24,13-11-21)19-8-5-9-20(23)14-19;1-27(25,26)24(15-17-6-3-2-4-7-17)20-10-12-21(16-23,13-11-20)18-8-5-9-19(22)14-18;2*1-14(23)22(12-15-5-6-15)18-7-9-19(13-21,10-8-18)16-3-2-4-17(20)11-16/h2*2-9,14,21H,10-13,15-16,24H2,1H3;2-9,14,20H,10-13,15-16,23H2,1H3;2*2-4,11,15,18H,5-10,12-13,21H2,1H3. The number of sulfonamides is 1. The molecule has 10 N–H and O–H groups in total. The second kappa shape index (κ2) is 45.9. The van der Waals surface area contributed by atoms with Crippen molar-refractivity contribution in [1.82, 2.24) is 23.9 Å². The van der Waals surface area contributed by atoms with Crippen molar-refractivity contribution in [2.24, 2.45) is 40.5 Å². The number of amides is 4. The van der Waals surface area contributed by atoms with Crippen molar-refractivity contribution in [3.8, 4) is 0 Å². The first kappa shape index (κ1) is 98.4. The highest BCUT2D eigenvalue weighted by Gasteiger charge is 2.45. The normalized spacial score (nSPS) is 24.8. The number of hydrogen-bond acceptors (Lipinski definition) is 11. The zero-order valence-corrected chi connectivity index (χ0v) is 78.8. The molecule has 7 saturated carbocycles. The Morgan fingerprint density at radius 1 is 0.296 bits per heavy atom. The quantitative estimate of drug-likeness (QED) is 0.0341. The van der Waals surface area contributed by atoms with E-state index in [0.29, 0.717) is 69.5 Å². The van der Waals surface area contributed by atoms with E-state index in [-0.39, 0.29) is 68.8 Å². The van der Waals surface area contributed by atoms with Gasteiger partial charge in [-0.25, -0.2) is 8.42 Å². The molecule has 0 aliphatic heterocycles. The third kappa shape index (κ3) is 26.8. The lowest BCUT2D eigenvalue weighted by atomic mass is 9.68. The molecule has 7 aliphatic rings. The Kier molecular flexibility index (Phi) is 36.1. The molecule has 0 heterocycles. The zero-order chi connectivity index (χ0) is 89.5. The van der Waals surface area contributed by atoms with Crippen molar-refractivity contribution in [3.05, 3.63) is 282 Å². The largest absolute Gasteiger partial charge is 0.340 e. The van der Waals surface area contributed by atoms with Crippen LogP contribution in [0, 0.1) is 11.8 Å². The van der Waals surface area contributed by atoms with Gasteiger partial charge in [0, 0.05) is 176 Å². The molecule has 0 bridgehead atoms. The molecule has 125 heavy (non-hydrogen) atoms. The fourth-order valence-corrected chi connectivity index (χ4v) is 22.6. The third-order valence-corrected chi connectivity index (χ3v) is 31.2. The molecule has 0 saturated heterocycles. The summed E-state index contributed by atoms with van der Waals surface area (Å²) in [6.45, 7) is 13.5. The molecule has 7 aliphatic carbocycles. The van der Waals surface area contributed by atoms with Crippen LogP contribution in [0.15, 0.2) is 212 Å². The molecule has 4 amide bonds. The number of benzene rings is 8. The number of carbonyl (C=O) groups is 4. The summed E-state index contributed by atoms with van der Waals surface area (Å²) in [7, 11) is -3.30. The molecule has 22 heteroatoms. The van der Waals surface area contributed by atoms with E-state index >= 15 is 0 Å². The van der Waals surface area contributed by atoms with Crippen molar-refractivity contribution >= 4 is 91.7 Å². The second-order valence-corrected chi connectivity index (χ2v) is 41.0. The van der Waals surface area contributed by atoms with Crippen LogP contribution in [0.3, 0.4) is 0 Å². The SMILES string of the molecule is CC(=O)N(CC1CC1)C1CCC(CN)(c2cccc(Cl)c2)CC1.CC(=O)N(CC1CC1)C1CCC(CN)(c2cccc(Cl)c2)CC1.CC(=O)N(Cc1ccccc1)C1CCC(CN)(c2cccc(Cl)c2)CC1.CC(=O)N(Cc1ccccc1)C1CCC(CN)(c2cccc(Cl)c2)CC1.CS(=O)(=O)N(Cc1ccccc1)C1CCC(CN)(c2cccc(Cl)c2)CC1. The molecule has 7 fully saturated rings. The molecule has 0 radical (unpaired) electrons. The van der Waals surface area contributed by atoms with Gasteiger partial charge in [0.2, 0.25) is 33.7 Å². The van der Waals surface area contributed by atoms with Gasteiger partial charge in [-0.15, -0.1) is 0 Å². The minimum Gasteiger partial charge on any atom is -0.340 e. The van der Waals surface area contributed by atoms with Gasteiger partial charge in [0.25, 0.3) is 0 Å². The summed E-state index contributed by atoms with van der Waals surface area (Å²) in [5.74, 6) is 2.22. The van der Waals surface area contributed by atoms with E-state index in [4.69, 9.17) is 86.7 Å². The smallest absolute Gasteiger partial charge is 0.219 e. The van der Waals surface area contributed by atoms with E-state index in [1.54, 1.807) is 32.0 Å². The third-order valence-electron chi connectivity index (χ3n) is 28.8. The minimum atomic E-state index is -3.30. The average molecular weight is 1820 g/mol. The van der Waals surface area contributed by atoms with Crippen molar-refractivity contribution in [1.29, 1.82) is 0 Å². The van der Waals surface area contributed by atoms with Gasteiger partial charge in [0.05, 0.1) is 6.26 Å². The van der Waals surface area contributed by atoms with Gasteiger partial charge in [-0.3, -0.25) is 19.2 Å². The van der Waals surface area contributed by atoms with Crippen LogP contribution >= 0.6 is 58.0 Å². The van der Waals surface area contributed by atoms with Crippen molar-refractivity contribution in [2.45, 2.75) is 259 Å². The predicted octanol–water partition coefficient (Wildman–Crippen LogP) is 20.5. The van der Waals surface area contributed by atoms with E-state index in [2.05, 4.69) is 76.5 Å². The highest BCUT2D eigenvalue weighted by atomic mass is 35.5. The summed E-state index contributed by atoms with van der Waals surface area (Å²) in [6.07, 6.45) is 25.8. The van der Waals surface area contributed by atoms with Crippen molar-refractivity contribution in [3.63, 3.8) is 0 Å². The van der Waals surface area contributed by atoms with Crippen molar-refractivity contribution in [2.75, 3.05) is 52.1 Å². The van der Waals surface area contributed by atoms with Gasteiger partial charge in [-0.05, 0) is 271 Å². The summed E-state index contributed by atoms with van der Waals surface area (Å²) in [5, 5.41) is 3.77. The second-order valence-electron chi connectivity index (χ2n) is 36.9. The molecule has 8 aromatic carbocycles. The molecule has 0 unspecified atom stereocenters. The molecule has 0 spiro atoms. The van der Waals surface area contributed by atoms with Gasteiger partial charge >= 0.3 is 0 Å². The Morgan fingerprint density at radius 2 is 0.504 bits per heavy atom. The number of hydrogen-bond donors (Lipinski definition) is 5. The molecule has 16 nitrogen and oxygen atoms in total. The predicted molar refractivity (Wildman–Crippen MR) is 515 cm³/mol. The molecular formula is C103H135Cl5N10O6S. The lowest BCUT2D eigenvalue weighted by molar-refractivity contribution is -0.133. The summed E-state index contributed by atoms with van der Waals surface area (Å²) < 4.78 is 26.6. The Bertz CT molecular complexity index is 4640. The fraction of sp³-hybridized carbons (Fsp3) is 0.495.